The van der Waals surface area contributed by atoms with Crippen LogP contribution in [0.3, 0.4) is 0 Å². The molecule has 4 nitrogen and oxygen atoms in total. The number of pyridine rings is 1. The molecule has 0 atom stereocenters. The van der Waals surface area contributed by atoms with E-state index in [2.05, 4.69) is 52.5 Å². The zero-order chi connectivity index (χ0) is 23.5. The normalized spacial score (nSPS) is 12.8. The van der Waals surface area contributed by atoms with E-state index < -0.39 is 8.32 Å². The number of hydrogen-bond acceptors (Lipinski definition) is 4. The molecule has 1 aromatic heterocycles. The molecule has 0 aliphatic heterocycles. The van der Waals surface area contributed by atoms with E-state index in [9.17, 15) is 0 Å². The number of aromatic nitrogens is 1. The highest BCUT2D eigenvalue weighted by atomic mass is 28.4. The van der Waals surface area contributed by atoms with E-state index in [1.807, 2.05) is 56.3 Å². The van der Waals surface area contributed by atoms with Gasteiger partial charge in [0.2, 0.25) is 8.32 Å². The van der Waals surface area contributed by atoms with E-state index in [1.54, 1.807) is 0 Å². The molecule has 0 unspecified atom stereocenters. The summed E-state index contributed by atoms with van der Waals surface area (Å²) >= 11 is 0. The van der Waals surface area contributed by atoms with Crippen LogP contribution in [0.15, 0.2) is 64.6 Å². The van der Waals surface area contributed by atoms with E-state index >= 15 is 0 Å². The Kier molecular flexibility index (Phi) is 7.09. The lowest BCUT2D eigenvalue weighted by molar-refractivity contribution is 0.558. The maximum absolute atomic E-state index is 6.03. The van der Waals surface area contributed by atoms with Crippen LogP contribution in [0, 0.1) is 20.8 Å². The van der Waals surface area contributed by atoms with Crippen molar-refractivity contribution in [3.63, 3.8) is 0 Å². The van der Waals surface area contributed by atoms with Gasteiger partial charge >= 0.3 is 0 Å². The summed E-state index contributed by atoms with van der Waals surface area (Å²) in [6, 6.07) is 18.3. The molecule has 0 aliphatic rings. The van der Waals surface area contributed by atoms with Crippen molar-refractivity contribution < 1.29 is 4.43 Å². The van der Waals surface area contributed by atoms with Crippen molar-refractivity contribution in [2.75, 3.05) is 0 Å². The fraction of sp³-hybridized carbons (Fsp3) is 0.296. The van der Waals surface area contributed by atoms with E-state index in [0.717, 1.165) is 39.9 Å². The molecule has 1 heterocycles. The summed E-state index contributed by atoms with van der Waals surface area (Å²) in [5, 5.41) is 0. The Morgan fingerprint density at radius 1 is 0.781 bits per heavy atom. The van der Waals surface area contributed by atoms with Gasteiger partial charge in [-0.2, -0.15) is 0 Å². The van der Waals surface area contributed by atoms with E-state index in [0.29, 0.717) is 0 Å². The molecule has 0 N–H and O–H groups in total. The van der Waals surface area contributed by atoms with Crippen molar-refractivity contribution in [3.05, 3.63) is 82.7 Å². The van der Waals surface area contributed by atoms with Crippen molar-refractivity contribution >= 4 is 31.1 Å². The van der Waals surface area contributed by atoms with Crippen LogP contribution in [-0.4, -0.2) is 24.7 Å². The molecule has 0 saturated heterocycles. The molecule has 0 aliphatic carbocycles. The lowest BCUT2D eigenvalue weighted by Gasteiger charge is -2.18. The van der Waals surface area contributed by atoms with E-state index in [4.69, 9.17) is 19.4 Å². The summed E-state index contributed by atoms with van der Waals surface area (Å²) in [5.41, 5.74) is 8.97. The predicted octanol–water partition coefficient (Wildman–Crippen LogP) is 7.50. The molecule has 166 valence electrons. The number of aryl methyl sites for hydroxylation is 3. The highest BCUT2D eigenvalue weighted by Crippen LogP contribution is 2.26. The first kappa shape index (κ1) is 23.6. The average molecular weight is 444 g/mol. The summed E-state index contributed by atoms with van der Waals surface area (Å²) in [4.78, 5) is 14.5. The van der Waals surface area contributed by atoms with Gasteiger partial charge in [0.25, 0.3) is 0 Å². The van der Waals surface area contributed by atoms with Crippen LogP contribution in [-0.2, 0) is 0 Å². The molecular weight excluding hydrogens is 410 g/mol. The standard InChI is InChI=1S/C27H33N3OSi/c1-18-16-19(2)27(20(3)17-18)29-22(5)26-11-9-10-25(30-26)21(4)28-23-12-14-24(15-13-23)31-32(6,7)8/h9-17H,1-8H3. The van der Waals surface area contributed by atoms with Gasteiger partial charge in [0, 0.05) is 0 Å². The van der Waals surface area contributed by atoms with Gasteiger partial charge in [0.15, 0.2) is 0 Å². The Labute approximate surface area is 193 Å². The molecule has 5 heteroatoms. The SMILES string of the molecule is CC(=Nc1ccc(O[Si](C)(C)C)cc1)c1cccc(C(C)=Nc2c(C)cc(C)cc2C)n1. The minimum absolute atomic E-state index is 0.844. The van der Waals surface area contributed by atoms with Gasteiger partial charge in [0.05, 0.1) is 34.2 Å². The molecule has 0 radical (unpaired) electrons. The van der Waals surface area contributed by atoms with Crippen LogP contribution in [0.25, 0.3) is 0 Å². The predicted molar refractivity (Wildman–Crippen MR) is 139 cm³/mol. The third kappa shape index (κ3) is 6.23. The Morgan fingerprint density at radius 2 is 1.31 bits per heavy atom. The van der Waals surface area contributed by atoms with Gasteiger partial charge in [-0.25, -0.2) is 4.98 Å². The first-order valence-corrected chi connectivity index (χ1v) is 14.4. The average Bonchev–Trinajstić information content (AvgIpc) is 2.71. The Morgan fingerprint density at radius 3 is 1.84 bits per heavy atom. The maximum atomic E-state index is 6.03. The second-order valence-electron chi connectivity index (χ2n) is 9.26. The summed E-state index contributed by atoms with van der Waals surface area (Å²) in [7, 11) is -1.61. The largest absolute Gasteiger partial charge is 0.544 e. The van der Waals surface area contributed by atoms with Crippen LogP contribution in [0.1, 0.15) is 41.9 Å². The van der Waals surface area contributed by atoms with Crippen molar-refractivity contribution in [1.29, 1.82) is 0 Å². The Hall–Kier alpha value is -3.05. The molecule has 0 saturated carbocycles. The fourth-order valence-corrected chi connectivity index (χ4v) is 4.45. The van der Waals surface area contributed by atoms with Crippen LogP contribution in [0.4, 0.5) is 11.4 Å². The second-order valence-corrected chi connectivity index (χ2v) is 13.7. The summed E-state index contributed by atoms with van der Waals surface area (Å²) < 4.78 is 6.03. The topological polar surface area (TPSA) is 46.8 Å². The highest BCUT2D eigenvalue weighted by molar-refractivity contribution is 6.70. The lowest BCUT2D eigenvalue weighted by Crippen LogP contribution is -2.29. The van der Waals surface area contributed by atoms with Crippen LogP contribution >= 0.6 is 0 Å². The molecule has 0 spiro atoms. The minimum Gasteiger partial charge on any atom is -0.544 e. The van der Waals surface area contributed by atoms with Crippen molar-refractivity contribution in [1.82, 2.24) is 4.98 Å². The minimum atomic E-state index is -1.61. The summed E-state index contributed by atoms with van der Waals surface area (Å²) in [5.74, 6) is 0.898. The van der Waals surface area contributed by atoms with Gasteiger partial charge in [-0.05, 0) is 102 Å². The van der Waals surface area contributed by atoms with Gasteiger partial charge in [-0.3, -0.25) is 9.98 Å². The molecule has 32 heavy (non-hydrogen) atoms. The number of aliphatic imine (C=N–C) groups is 2. The fourth-order valence-electron chi connectivity index (χ4n) is 3.60. The lowest BCUT2D eigenvalue weighted by atomic mass is 10.1. The quantitative estimate of drug-likeness (QED) is 0.292. The number of hydrogen-bond donors (Lipinski definition) is 0. The van der Waals surface area contributed by atoms with Gasteiger partial charge < -0.3 is 4.43 Å². The van der Waals surface area contributed by atoms with E-state index in [-0.39, 0.29) is 0 Å². The zero-order valence-electron chi connectivity index (χ0n) is 20.4. The van der Waals surface area contributed by atoms with Gasteiger partial charge in [-0.1, -0.05) is 23.8 Å². The molecule has 3 rings (SSSR count). The number of nitrogens with zero attached hydrogens (tertiary/aromatic N) is 3. The first-order valence-electron chi connectivity index (χ1n) is 11.0. The van der Waals surface area contributed by atoms with Crippen molar-refractivity contribution in [3.8, 4) is 5.75 Å². The van der Waals surface area contributed by atoms with Crippen molar-refractivity contribution in [2.45, 2.75) is 54.3 Å². The Balaban J connectivity index is 1.85. The Bertz CT molecular complexity index is 1150. The second kappa shape index (κ2) is 9.61. The molecule has 0 fully saturated rings. The van der Waals surface area contributed by atoms with Gasteiger partial charge in [0.1, 0.15) is 5.75 Å². The van der Waals surface area contributed by atoms with Crippen LogP contribution in [0.5, 0.6) is 5.75 Å². The molecular formula is C27H33N3OSi. The third-order valence-corrected chi connectivity index (χ3v) is 5.81. The molecule has 0 bridgehead atoms. The maximum Gasteiger partial charge on any atom is 0.242 e. The number of benzene rings is 2. The number of rotatable bonds is 6. The highest BCUT2D eigenvalue weighted by Gasteiger charge is 2.16. The van der Waals surface area contributed by atoms with Gasteiger partial charge in [-0.15, -0.1) is 0 Å². The van der Waals surface area contributed by atoms with Crippen molar-refractivity contribution in [2.24, 2.45) is 9.98 Å². The zero-order valence-corrected chi connectivity index (χ0v) is 21.4. The molecule has 2 aromatic carbocycles. The first-order chi connectivity index (χ1) is 15.0. The van der Waals surface area contributed by atoms with Crippen LogP contribution < -0.4 is 4.43 Å². The smallest absolute Gasteiger partial charge is 0.242 e. The molecule has 3 aromatic rings. The summed E-state index contributed by atoms with van der Waals surface area (Å²) in [6.45, 7) is 16.8. The third-order valence-electron chi connectivity index (χ3n) is 4.96. The van der Waals surface area contributed by atoms with E-state index in [1.165, 1.54) is 16.7 Å². The summed E-state index contributed by atoms with van der Waals surface area (Å²) in [6.07, 6.45) is 0. The molecule has 0 amide bonds. The monoisotopic (exact) mass is 443 g/mol. The van der Waals surface area contributed by atoms with Crippen LogP contribution in [0.2, 0.25) is 19.6 Å².